The molecule has 0 saturated heterocycles. The zero-order chi connectivity index (χ0) is 9.40. The topological polar surface area (TPSA) is 38.7 Å². The summed E-state index contributed by atoms with van der Waals surface area (Å²) in [6.07, 6.45) is 1.83. The van der Waals surface area contributed by atoms with E-state index in [0.29, 0.717) is 6.54 Å². The summed E-state index contributed by atoms with van der Waals surface area (Å²) in [5.74, 6) is -0.246. The maximum absolute atomic E-state index is 10.9. The zero-order valence-electron chi connectivity index (χ0n) is 7.67. The molecular weight excluding hydrogens is 154 g/mol. The van der Waals surface area contributed by atoms with Gasteiger partial charge in [-0.15, -0.1) is 0 Å². The van der Waals surface area contributed by atoms with Gasteiger partial charge in [0.25, 0.3) is 0 Å². The van der Waals surface area contributed by atoms with Crippen molar-refractivity contribution in [1.82, 2.24) is 0 Å². The van der Waals surface area contributed by atoms with Gasteiger partial charge < -0.3 is 4.74 Å². The van der Waals surface area contributed by atoms with E-state index in [1.165, 1.54) is 0 Å². The summed E-state index contributed by atoms with van der Waals surface area (Å²) in [6.45, 7) is 8.17. The van der Waals surface area contributed by atoms with Crippen molar-refractivity contribution in [2.45, 2.75) is 20.3 Å². The van der Waals surface area contributed by atoms with E-state index < -0.39 is 0 Å². The number of hydrogen-bond acceptors (Lipinski definition) is 3. The molecule has 0 saturated carbocycles. The third-order valence-corrected chi connectivity index (χ3v) is 1.19. The number of hydrogen-bond donors (Lipinski definition) is 0. The number of rotatable bonds is 5. The van der Waals surface area contributed by atoms with Gasteiger partial charge in [-0.1, -0.05) is 12.7 Å². The fourth-order valence-corrected chi connectivity index (χ4v) is 0.738. The highest BCUT2D eigenvalue weighted by atomic mass is 16.5. The molecule has 3 nitrogen and oxygen atoms in total. The molecule has 0 aliphatic carbocycles. The number of carbonyl (C=O) groups excluding carboxylic acids is 1. The van der Waals surface area contributed by atoms with E-state index in [9.17, 15) is 4.79 Å². The normalized spacial score (nSPS) is 11.0. The Labute approximate surface area is 73.1 Å². The van der Waals surface area contributed by atoms with Crippen molar-refractivity contribution >= 4 is 11.7 Å². The van der Waals surface area contributed by atoms with Gasteiger partial charge in [-0.3, -0.25) is 9.79 Å². The number of carbonyl (C=O) groups is 1. The molecular formula is C9H15NO2. The molecule has 0 amide bonds. The van der Waals surface area contributed by atoms with E-state index in [-0.39, 0.29) is 19.0 Å². The molecule has 0 aromatic heterocycles. The van der Waals surface area contributed by atoms with Gasteiger partial charge in [0, 0.05) is 12.3 Å². The first-order valence-electron chi connectivity index (χ1n) is 3.97. The molecule has 0 aliphatic heterocycles. The molecule has 0 heterocycles. The lowest BCUT2D eigenvalue weighted by molar-refractivity contribution is -0.140. The van der Waals surface area contributed by atoms with Crippen LogP contribution >= 0.6 is 0 Å². The Kier molecular flexibility index (Phi) is 5.97. The molecule has 0 rings (SSSR count). The number of esters is 1. The zero-order valence-corrected chi connectivity index (χ0v) is 7.67. The van der Waals surface area contributed by atoms with Crippen molar-refractivity contribution in [2.75, 3.05) is 13.2 Å². The van der Waals surface area contributed by atoms with Crippen LogP contribution in [0.15, 0.2) is 17.6 Å². The van der Waals surface area contributed by atoms with Crippen molar-refractivity contribution in [3.63, 3.8) is 0 Å². The molecule has 0 atom stereocenters. The average Bonchev–Trinajstić information content (AvgIpc) is 2.01. The van der Waals surface area contributed by atoms with Gasteiger partial charge in [-0.25, -0.2) is 0 Å². The van der Waals surface area contributed by atoms with Crippen LogP contribution in [0, 0.1) is 0 Å². The quantitative estimate of drug-likeness (QED) is 0.356. The predicted molar refractivity (Wildman–Crippen MR) is 49.4 cm³/mol. The van der Waals surface area contributed by atoms with Crippen LogP contribution in [0.5, 0.6) is 0 Å². The van der Waals surface area contributed by atoms with E-state index >= 15 is 0 Å². The van der Waals surface area contributed by atoms with Gasteiger partial charge in [-0.2, -0.15) is 0 Å². The molecule has 0 aromatic carbocycles. The highest BCUT2D eigenvalue weighted by molar-refractivity contribution is 5.97. The second kappa shape index (κ2) is 6.58. The molecule has 0 radical (unpaired) electrons. The number of aliphatic imine (C=N–C) groups is 1. The van der Waals surface area contributed by atoms with Crippen molar-refractivity contribution in [2.24, 2.45) is 4.99 Å². The Hall–Kier alpha value is -1.12. The fourth-order valence-electron chi connectivity index (χ4n) is 0.738. The summed E-state index contributed by atoms with van der Waals surface area (Å²) in [5, 5.41) is 0. The summed E-state index contributed by atoms with van der Waals surface area (Å²) in [5.41, 5.74) is 0.812. The Bertz CT molecular complexity index is 185. The van der Waals surface area contributed by atoms with Crippen LogP contribution in [-0.2, 0) is 9.53 Å². The summed E-state index contributed by atoms with van der Waals surface area (Å²) < 4.78 is 4.77. The van der Waals surface area contributed by atoms with Crippen LogP contribution < -0.4 is 0 Å². The average molecular weight is 169 g/mol. The van der Waals surface area contributed by atoms with E-state index in [0.717, 1.165) is 5.71 Å². The molecule has 68 valence electrons. The van der Waals surface area contributed by atoms with E-state index in [1.54, 1.807) is 6.08 Å². The van der Waals surface area contributed by atoms with Gasteiger partial charge in [0.15, 0.2) is 0 Å². The van der Waals surface area contributed by atoms with Gasteiger partial charge in [-0.05, 0) is 13.8 Å². The van der Waals surface area contributed by atoms with Crippen molar-refractivity contribution in [1.29, 1.82) is 0 Å². The highest BCUT2D eigenvalue weighted by Crippen LogP contribution is 1.91. The van der Waals surface area contributed by atoms with Crippen LogP contribution in [0.1, 0.15) is 20.3 Å². The van der Waals surface area contributed by atoms with Crippen molar-refractivity contribution < 1.29 is 9.53 Å². The Morgan fingerprint density at radius 2 is 2.33 bits per heavy atom. The SMILES string of the molecule is C=CCOC(=O)CC(C)=NCC. The van der Waals surface area contributed by atoms with Crippen LogP contribution in [0.3, 0.4) is 0 Å². The molecule has 3 heteroatoms. The van der Waals surface area contributed by atoms with E-state index in [4.69, 9.17) is 4.74 Å². The largest absolute Gasteiger partial charge is 0.461 e. The summed E-state index contributed by atoms with van der Waals surface area (Å²) in [4.78, 5) is 15.0. The third-order valence-electron chi connectivity index (χ3n) is 1.19. The molecule has 12 heavy (non-hydrogen) atoms. The summed E-state index contributed by atoms with van der Waals surface area (Å²) in [6, 6.07) is 0. The Morgan fingerprint density at radius 1 is 1.67 bits per heavy atom. The second-order valence-electron chi connectivity index (χ2n) is 2.36. The fraction of sp³-hybridized carbons (Fsp3) is 0.556. The Balaban J connectivity index is 3.68. The lowest BCUT2D eigenvalue weighted by atomic mass is 10.3. The smallest absolute Gasteiger partial charge is 0.311 e. The van der Waals surface area contributed by atoms with Crippen LogP contribution in [-0.4, -0.2) is 24.8 Å². The van der Waals surface area contributed by atoms with Gasteiger partial charge in [0.2, 0.25) is 0 Å². The maximum Gasteiger partial charge on any atom is 0.311 e. The highest BCUT2D eigenvalue weighted by Gasteiger charge is 2.02. The van der Waals surface area contributed by atoms with E-state index in [1.807, 2.05) is 13.8 Å². The monoisotopic (exact) mass is 169 g/mol. The van der Waals surface area contributed by atoms with E-state index in [2.05, 4.69) is 11.6 Å². The number of nitrogens with zero attached hydrogens (tertiary/aromatic N) is 1. The molecule has 0 fully saturated rings. The van der Waals surface area contributed by atoms with Crippen molar-refractivity contribution in [3.8, 4) is 0 Å². The molecule has 0 spiro atoms. The van der Waals surface area contributed by atoms with Gasteiger partial charge in [0.1, 0.15) is 6.61 Å². The van der Waals surface area contributed by atoms with Crippen LogP contribution in [0.2, 0.25) is 0 Å². The maximum atomic E-state index is 10.9. The summed E-state index contributed by atoms with van der Waals surface area (Å²) >= 11 is 0. The standard InChI is InChI=1S/C9H15NO2/c1-4-6-12-9(11)7-8(3)10-5-2/h4H,1,5-7H2,2-3H3. The predicted octanol–water partition coefficient (Wildman–Crippen LogP) is 1.59. The van der Waals surface area contributed by atoms with Crippen molar-refractivity contribution in [3.05, 3.63) is 12.7 Å². The first-order chi connectivity index (χ1) is 5.70. The first kappa shape index (κ1) is 10.9. The summed E-state index contributed by atoms with van der Waals surface area (Å²) in [7, 11) is 0. The molecule has 0 N–H and O–H groups in total. The molecule has 0 bridgehead atoms. The molecule has 0 unspecified atom stereocenters. The van der Waals surface area contributed by atoms with Gasteiger partial charge in [0.05, 0.1) is 6.42 Å². The van der Waals surface area contributed by atoms with Crippen LogP contribution in [0.25, 0.3) is 0 Å². The lowest BCUT2D eigenvalue weighted by Gasteiger charge is -2.00. The first-order valence-corrected chi connectivity index (χ1v) is 3.97. The molecule has 0 aliphatic rings. The minimum absolute atomic E-state index is 0.246. The van der Waals surface area contributed by atoms with Crippen LogP contribution in [0.4, 0.5) is 0 Å². The molecule has 0 aromatic rings. The third kappa shape index (κ3) is 5.65. The second-order valence-corrected chi connectivity index (χ2v) is 2.36. The Morgan fingerprint density at radius 3 is 2.83 bits per heavy atom. The lowest BCUT2D eigenvalue weighted by Crippen LogP contribution is -2.09. The van der Waals surface area contributed by atoms with Gasteiger partial charge >= 0.3 is 5.97 Å². The minimum atomic E-state index is -0.246. The minimum Gasteiger partial charge on any atom is -0.461 e. The number of ether oxygens (including phenoxy) is 1.